The van der Waals surface area contributed by atoms with E-state index in [0.29, 0.717) is 5.56 Å². The number of benzene rings is 1. The third kappa shape index (κ3) is 3.93. The van der Waals surface area contributed by atoms with Crippen LogP contribution in [-0.4, -0.2) is 20.1 Å². The molecule has 3 heteroatoms. The van der Waals surface area contributed by atoms with E-state index in [-0.39, 0.29) is 12.1 Å². The second-order valence-corrected chi connectivity index (χ2v) is 12.2. The molecule has 0 aliphatic heterocycles. The maximum Gasteiger partial charge on any atom is 0.338 e. The second kappa shape index (κ2) is 5.91. The Balaban J connectivity index is 1.85. The van der Waals surface area contributed by atoms with E-state index in [1.807, 2.05) is 30.3 Å². The molecule has 0 amide bonds. The fourth-order valence-corrected chi connectivity index (χ4v) is 4.91. The van der Waals surface area contributed by atoms with Crippen LogP contribution in [-0.2, 0) is 4.74 Å². The van der Waals surface area contributed by atoms with E-state index in [1.165, 1.54) is 12.8 Å². The van der Waals surface area contributed by atoms with Crippen LogP contribution >= 0.6 is 0 Å². The maximum absolute atomic E-state index is 12.0. The van der Waals surface area contributed by atoms with E-state index in [0.717, 1.165) is 18.4 Å². The minimum absolute atomic E-state index is 0.125. The standard InChI is InChI=1S/C16H24O2Si/c1-19(2,3)15-11-9-14(10-12-15)18-16(17)13-7-5-4-6-8-13/h4-8,14-15H,9-12H2,1-3H3. The molecule has 19 heavy (non-hydrogen) atoms. The Kier molecular flexibility index (Phi) is 4.45. The van der Waals surface area contributed by atoms with Gasteiger partial charge in [-0.25, -0.2) is 4.79 Å². The van der Waals surface area contributed by atoms with Crippen LogP contribution in [0.15, 0.2) is 30.3 Å². The van der Waals surface area contributed by atoms with Crippen molar-refractivity contribution in [2.24, 2.45) is 0 Å². The average Bonchev–Trinajstić information content (AvgIpc) is 2.39. The molecule has 0 radical (unpaired) electrons. The molecule has 0 unspecified atom stereocenters. The van der Waals surface area contributed by atoms with Crippen molar-refractivity contribution in [3.8, 4) is 0 Å². The van der Waals surface area contributed by atoms with Gasteiger partial charge in [0, 0.05) is 8.07 Å². The summed E-state index contributed by atoms with van der Waals surface area (Å²) in [5.74, 6) is -0.169. The number of esters is 1. The normalized spacial score (nSPS) is 23.9. The highest BCUT2D eigenvalue weighted by atomic mass is 28.3. The minimum atomic E-state index is -1.03. The molecule has 0 bridgehead atoms. The summed E-state index contributed by atoms with van der Waals surface area (Å²) in [4.78, 5) is 12.0. The Morgan fingerprint density at radius 2 is 1.63 bits per heavy atom. The number of carbonyl (C=O) groups excluding carboxylic acids is 1. The van der Waals surface area contributed by atoms with Gasteiger partial charge in [0.1, 0.15) is 6.10 Å². The summed E-state index contributed by atoms with van der Waals surface area (Å²) in [6.07, 6.45) is 4.65. The van der Waals surface area contributed by atoms with Gasteiger partial charge in [-0.3, -0.25) is 0 Å². The lowest BCUT2D eigenvalue weighted by atomic mass is 9.97. The molecule has 0 spiro atoms. The first kappa shape index (κ1) is 14.3. The molecule has 0 aromatic heterocycles. The topological polar surface area (TPSA) is 26.3 Å². The molecule has 1 aromatic rings. The fraction of sp³-hybridized carbons (Fsp3) is 0.562. The molecule has 0 atom stereocenters. The molecule has 2 rings (SSSR count). The third-order valence-electron chi connectivity index (χ3n) is 4.18. The van der Waals surface area contributed by atoms with E-state index in [4.69, 9.17) is 4.74 Å². The molecule has 2 nitrogen and oxygen atoms in total. The van der Waals surface area contributed by atoms with Gasteiger partial charge in [0.05, 0.1) is 5.56 Å². The van der Waals surface area contributed by atoms with E-state index < -0.39 is 8.07 Å². The molecule has 104 valence electrons. The molecule has 1 aliphatic carbocycles. The van der Waals surface area contributed by atoms with Crippen molar-refractivity contribution in [1.82, 2.24) is 0 Å². The first-order valence-electron chi connectivity index (χ1n) is 7.23. The average molecular weight is 276 g/mol. The zero-order valence-corrected chi connectivity index (χ0v) is 13.2. The zero-order chi connectivity index (χ0) is 13.9. The van der Waals surface area contributed by atoms with Crippen LogP contribution in [0.25, 0.3) is 0 Å². The quantitative estimate of drug-likeness (QED) is 0.600. The van der Waals surface area contributed by atoms with Crippen molar-refractivity contribution < 1.29 is 9.53 Å². The largest absolute Gasteiger partial charge is 0.459 e. The van der Waals surface area contributed by atoms with E-state index in [9.17, 15) is 4.79 Å². The molecular formula is C16H24O2Si. The van der Waals surface area contributed by atoms with Crippen molar-refractivity contribution in [3.63, 3.8) is 0 Å². The Hall–Kier alpha value is -1.09. The zero-order valence-electron chi connectivity index (χ0n) is 12.2. The molecule has 0 saturated heterocycles. The van der Waals surface area contributed by atoms with Crippen molar-refractivity contribution in [1.29, 1.82) is 0 Å². The van der Waals surface area contributed by atoms with Gasteiger partial charge < -0.3 is 4.74 Å². The lowest BCUT2D eigenvalue weighted by Crippen LogP contribution is -2.33. The molecular weight excluding hydrogens is 252 g/mol. The SMILES string of the molecule is C[Si](C)(C)C1CCC(OC(=O)c2ccccc2)CC1. The predicted molar refractivity (Wildman–Crippen MR) is 81.2 cm³/mol. The number of hydrogen-bond acceptors (Lipinski definition) is 2. The molecule has 0 heterocycles. The molecule has 1 fully saturated rings. The molecule has 0 N–H and O–H groups in total. The fourth-order valence-electron chi connectivity index (χ4n) is 2.84. The number of hydrogen-bond donors (Lipinski definition) is 0. The van der Waals surface area contributed by atoms with Crippen LogP contribution in [0.5, 0.6) is 0 Å². The van der Waals surface area contributed by atoms with Crippen molar-refractivity contribution >= 4 is 14.0 Å². The van der Waals surface area contributed by atoms with Gasteiger partial charge in [-0.2, -0.15) is 0 Å². The van der Waals surface area contributed by atoms with E-state index in [2.05, 4.69) is 19.6 Å². The Morgan fingerprint density at radius 3 is 2.16 bits per heavy atom. The molecule has 1 saturated carbocycles. The lowest BCUT2D eigenvalue weighted by molar-refractivity contribution is 0.0210. The highest BCUT2D eigenvalue weighted by Gasteiger charge is 2.32. The van der Waals surface area contributed by atoms with E-state index in [1.54, 1.807) is 0 Å². The first-order valence-corrected chi connectivity index (χ1v) is 10.8. The van der Waals surface area contributed by atoms with E-state index >= 15 is 0 Å². The van der Waals surface area contributed by atoms with Crippen molar-refractivity contribution in [2.45, 2.75) is 57.0 Å². The van der Waals surface area contributed by atoms with Crippen LogP contribution in [0.2, 0.25) is 25.2 Å². The highest BCUT2D eigenvalue weighted by Crippen LogP contribution is 2.37. The lowest BCUT2D eigenvalue weighted by Gasteiger charge is -2.35. The monoisotopic (exact) mass is 276 g/mol. The maximum atomic E-state index is 12.0. The summed E-state index contributed by atoms with van der Waals surface area (Å²) in [6, 6.07) is 9.29. The number of carbonyl (C=O) groups is 1. The molecule has 1 aliphatic rings. The van der Waals surface area contributed by atoms with Crippen molar-refractivity contribution in [2.75, 3.05) is 0 Å². The third-order valence-corrected chi connectivity index (χ3v) is 7.21. The minimum Gasteiger partial charge on any atom is -0.459 e. The van der Waals surface area contributed by atoms with Crippen LogP contribution in [0.1, 0.15) is 36.0 Å². The Labute approximate surface area is 117 Å². The Morgan fingerprint density at radius 1 is 1.05 bits per heavy atom. The van der Waals surface area contributed by atoms with Crippen LogP contribution in [0, 0.1) is 0 Å². The van der Waals surface area contributed by atoms with Gasteiger partial charge in [-0.1, -0.05) is 37.8 Å². The second-order valence-electron chi connectivity index (χ2n) is 6.61. The summed E-state index contributed by atoms with van der Waals surface area (Å²) in [5.41, 5.74) is 1.55. The van der Waals surface area contributed by atoms with Gasteiger partial charge in [-0.15, -0.1) is 0 Å². The summed E-state index contributed by atoms with van der Waals surface area (Å²) in [6.45, 7) is 7.32. The summed E-state index contributed by atoms with van der Waals surface area (Å²) in [7, 11) is -1.03. The van der Waals surface area contributed by atoms with Gasteiger partial charge in [0.2, 0.25) is 0 Å². The van der Waals surface area contributed by atoms with Gasteiger partial charge >= 0.3 is 5.97 Å². The van der Waals surface area contributed by atoms with Crippen molar-refractivity contribution in [3.05, 3.63) is 35.9 Å². The van der Waals surface area contributed by atoms with Gasteiger partial charge in [0.25, 0.3) is 0 Å². The number of ether oxygens (including phenoxy) is 1. The summed E-state index contributed by atoms with van der Waals surface area (Å²) >= 11 is 0. The summed E-state index contributed by atoms with van der Waals surface area (Å²) < 4.78 is 5.61. The molecule has 1 aromatic carbocycles. The number of rotatable bonds is 3. The predicted octanol–water partition coefficient (Wildman–Crippen LogP) is 4.49. The first-order chi connectivity index (χ1) is 8.97. The van der Waals surface area contributed by atoms with Gasteiger partial charge in [-0.05, 0) is 43.4 Å². The van der Waals surface area contributed by atoms with Gasteiger partial charge in [0.15, 0.2) is 0 Å². The van der Waals surface area contributed by atoms with Crippen LogP contribution in [0.3, 0.4) is 0 Å². The smallest absolute Gasteiger partial charge is 0.338 e. The van der Waals surface area contributed by atoms with Crippen LogP contribution < -0.4 is 0 Å². The summed E-state index contributed by atoms with van der Waals surface area (Å²) in [5, 5.41) is 0. The van der Waals surface area contributed by atoms with Crippen LogP contribution in [0.4, 0.5) is 0 Å². The highest BCUT2D eigenvalue weighted by molar-refractivity contribution is 6.77. The Bertz CT molecular complexity index is 414.